The van der Waals surface area contributed by atoms with Gasteiger partial charge in [-0.25, -0.2) is 0 Å². The summed E-state index contributed by atoms with van der Waals surface area (Å²) < 4.78 is 0. The van der Waals surface area contributed by atoms with Crippen LogP contribution in [-0.4, -0.2) is 40.4 Å². The Balaban J connectivity index is 2.54. The number of likely N-dealkylation sites (tertiary alicyclic amines) is 1. The van der Waals surface area contributed by atoms with Crippen LogP contribution in [-0.2, 0) is 4.79 Å². The summed E-state index contributed by atoms with van der Waals surface area (Å²) in [7, 11) is 0. The van der Waals surface area contributed by atoms with Crippen molar-refractivity contribution in [2.24, 2.45) is 0 Å². The second-order valence-corrected chi connectivity index (χ2v) is 2.38. The normalized spacial score (nSPS) is 26.0. The van der Waals surface area contributed by atoms with Crippen LogP contribution in [0.5, 0.6) is 0 Å². The molecule has 1 atom stereocenters. The van der Waals surface area contributed by atoms with Crippen LogP contribution in [0.4, 0.5) is 0 Å². The fourth-order valence-electron chi connectivity index (χ4n) is 1.18. The smallest absolute Gasteiger partial charge is 0.224 e. The fourth-order valence-corrected chi connectivity index (χ4v) is 1.18. The number of aliphatic hydroxyl groups is 2. The second-order valence-electron chi connectivity index (χ2n) is 2.38. The molecule has 4 nitrogen and oxygen atoms in total. The van der Waals surface area contributed by atoms with Gasteiger partial charge in [0.15, 0.2) is 0 Å². The minimum atomic E-state index is -0.274. The van der Waals surface area contributed by atoms with Crippen molar-refractivity contribution < 1.29 is 15.0 Å². The van der Waals surface area contributed by atoms with Gasteiger partial charge in [-0.2, -0.15) is 0 Å². The van der Waals surface area contributed by atoms with E-state index in [0.717, 1.165) is 0 Å². The molecule has 0 aromatic rings. The number of carbonyl (C=O) groups excluding carboxylic acids is 1. The van der Waals surface area contributed by atoms with Crippen LogP contribution < -0.4 is 0 Å². The van der Waals surface area contributed by atoms with E-state index in [2.05, 4.69) is 0 Å². The van der Waals surface area contributed by atoms with Crippen molar-refractivity contribution in [1.29, 1.82) is 0 Å². The van der Waals surface area contributed by atoms with Gasteiger partial charge < -0.3 is 15.1 Å². The van der Waals surface area contributed by atoms with Crippen molar-refractivity contribution in [1.82, 2.24) is 4.90 Å². The molecule has 0 aromatic heterocycles. The topological polar surface area (TPSA) is 60.8 Å². The van der Waals surface area contributed by atoms with Crippen LogP contribution in [0.2, 0.25) is 0 Å². The van der Waals surface area contributed by atoms with Gasteiger partial charge in [0.1, 0.15) is 6.73 Å². The van der Waals surface area contributed by atoms with E-state index in [1.54, 1.807) is 0 Å². The lowest BCUT2D eigenvalue weighted by atomic mass is 10.2. The molecular formula is C6H11NO3. The van der Waals surface area contributed by atoms with E-state index in [1.165, 1.54) is 4.90 Å². The molecule has 1 aliphatic rings. The van der Waals surface area contributed by atoms with Crippen molar-refractivity contribution in [3.8, 4) is 0 Å². The van der Waals surface area contributed by atoms with E-state index in [4.69, 9.17) is 10.2 Å². The van der Waals surface area contributed by atoms with Crippen molar-refractivity contribution in [2.45, 2.75) is 18.9 Å². The molecule has 1 saturated heterocycles. The Kier molecular flexibility index (Phi) is 2.24. The summed E-state index contributed by atoms with van der Waals surface area (Å²) in [5.74, 6) is -0.0680. The Morgan fingerprint density at radius 1 is 1.60 bits per heavy atom. The molecule has 58 valence electrons. The van der Waals surface area contributed by atoms with Crippen molar-refractivity contribution in [2.75, 3.05) is 13.3 Å². The molecule has 2 N–H and O–H groups in total. The van der Waals surface area contributed by atoms with E-state index < -0.39 is 0 Å². The summed E-state index contributed by atoms with van der Waals surface area (Å²) >= 11 is 0. The summed E-state index contributed by atoms with van der Waals surface area (Å²) in [6.07, 6.45) is 1.11. The Bertz CT molecular complexity index is 137. The van der Waals surface area contributed by atoms with E-state index in [0.29, 0.717) is 12.8 Å². The molecule has 1 unspecified atom stereocenters. The zero-order valence-electron chi connectivity index (χ0n) is 5.66. The molecule has 0 bridgehead atoms. The van der Waals surface area contributed by atoms with E-state index >= 15 is 0 Å². The lowest BCUT2D eigenvalue weighted by molar-refractivity contribution is -0.133. The largest absolute Gasteiger partial charge is 0.394 e. The minimum absolute atomic E-state index is 0.0493. The third-order valence-electron chi connectivity index (χ3n) is 1.82. The number of hydrogen-bond acceptors (Lipinski definition) is 3. The maximum atomic E-state index is 10.8. The molecule has 0 aliphatic carbocycles. The van der Waals surface area contributed by atoms with E-state index in [-0.39, 0.29) is 25.3 Å². The number of hydrogen-bond donors (Lipinski definition) is 2. The Morgan fingerprint density at radius 3 is 2.70 bits per heavy atom. The van der Waals surface area contributed by atoms with E-state index in [1.807, 2.05) is 0 Å². The molecule has 1 amide bonds. The predicted molar refractivity (Wildman–Crippen MR) is 34.0 cm³/mol. The zero-order chi connectivity index (χ0) is 7.56. The highest BCUT2D eigenvalue weighted by Gasteiger charge is 2.29. The summed E-state index contributed by atoms with van der Waals surface area (Å²) in [6.45, 7) is -0.323. The van der Waals surface area contributed by atoms with Gasteiger partial charge in [-0.1, -0.05) is 0 Å². The van der Waals surface area contributed by atoms with Crippen LogP contribution >= 0.6 is 0 Å². The molecule has 1 fully saturated rings. The van der Waals surface area contributed by atoms with Gasteiger partial charge in [0.2, 0.25) is 5.91 Å². The van der Waals surface area contributed by atoms with Gasteiger partial charge in [0.25, 0.3) is 0 Å². The number of carbonyl (C=O) groups is 1. The molecule has 0 saturated carbocycles. The monoisotopic (exact) mass is 145 g/mol. The SMILES string of the molecule is O=C1CCC(CO)N1CO. The minimum Gasteiger partial charge on any atom is -0.394 e. The number of aliphatic hydroxyl groups excluding tert-OH is 2. The Labute approximate surface area is 59.1 Å². The molecule has 1 aliphatic heterocycles. The summed E-state index contributed by atoms with van der Waals surface area (Å²) in [6, 6.07) is -0.155. The highest BCUT2D eigenvalue weighted by Crippen LogP contribution is 2.16. The molecule has 4 heteroatoms. The lowest BCUT2D eigenvalue weighted by Gasteiger charge is -2.19. The quantitative estimate of drug-likeness (QED) is 0.519. The summed E-state index contributed by atoms with van der Waals surface area (Å²) in [4.78, 5) is 12.1. The molecule has 10 heavy (non-hydrogen) atoms. The van der Waals surface area contributed by atoms with Crippen LogP contribution in [0, 0.1) is 0 Å². The number of nitrogens with zero attached hydrogens (tertiary/aromatic N) is 1. The maximum Gasteiger partial charge on any atom is 0.224 e. The standard InChI is InChI=1S/C6H11NO3/c8-3-5-1-2-6(10)7(5)4-9/h5,8-9H,1-4H2. The molecule has 1 heterocycles. The van der Waals surface area contributed by atoms with Crippen LogP contribution in [0.15, 0.2) is 0 Å². The highest BCUT2D eigenvalue weighted by molar-refractivity contribution is 5.78. The van der Waals surface area contributed by atoms with Gasteiger partial charge in [-0.15, -0.1) is 0 Å². The lowest BCUT2D eigenvalue weighted by Crippen LogP contribution is -2.35. The first-order chi connectivity index (χ1) is 4.79. The third kappa shape index (κ3) is 1.12. The third-order valence-corrected chi connectivity index (χ3v) is 1.82. The summed E-state index contributed by atoms with van der Waals surface area (Å²) in [5, 5.41) is 17.3. The van der Waals surface area contributed by atoms with Crippen molar-refractivity contribution in [3.63, 3.8) is 0 Å². The Morgan fingerprint density at radius 2 is 2.30 bits per heavy atom. The van der Waals surface area contributed by atoms with Crippen molar-refractivity contribution in [3.05, 3.63) is 0 Å². The number of amides is 1. The first kappa shape index (κ1) is 7.50. The first-order valence-electron chi connectivity index (χ1n) is 3.30. The first-order valence-corrected chi connectivity index (χ1v) is 3.30. The average Bonchev–Trinajstić information content (AvgIpc) is 2.30. The highest BCUT2D eigenvalue weighted by atomic mass is 16.3. The molecule has 1 rings (SSSR count). The van der Waals surface area contributed by atoms with Gasteiger partial charge in [0, 0.05) is 6.42 Å². The fraction of sp³-hybridized carbons (Fsp3) is 0.833. The van der Waals surface area contributed by atoms with Crippen LogP contribution in [0.1, 0.15) is 12.8 Å². The maximum absolute atomic E-state index is 10.8. The average molecular weight is 145 g/mol. The molecule has 0 spiro atoms. The van der Waals surface area contributed by atoms with Gasteiger partial charge >= 0.3 is 0 Å². The second kappa shape index (κ2) is 2.98. The molecular weight excluding hydrogens is 134 g/mol. The molecule has 0 aromatic carbocycles. The predicted octanol–water partition coefficient (Wildman–Crippen LogP) is -1.08. The van der Waals surface area contributed by atoms with Gasteiger partial charge in [-0.3, -0.25) is 4.79 Å². The zero-order valence-corrected chi connectivity index (χ0v) is 5.66. The Hall–Kier alpha value is -0.610. The van der Waals surface area contributed by atoms with E-state index in [9.17, 15) is 4.79 Å². The van der Waals surface area contributed by atoms with Crippen LogP contribution in [0.25, 0.3) is 0 Å². The summed E-state index contributed by atoms with van der Waals surface area (Å²) in [5.41, 5.74) is 0. The van der Waals surface area contributed by atoms with Crippen molar-refractivity contribution >= 4 is 5.91 Å². The van der Waals surface area contributed by atoms with Gasteiger partial charge in [0.05, 0.1) is 12.6 Å². The number of rotatable bonds is 2. The molecule has 0 radical (unpaired) electrons. The van der Waals surface area contributed by atoms with Gasteiger partial charge in [-0.05, 0) is 6.42 Å². The van der Waals surface area contributed by atoms with Crippen LogP contribution in [0.3, 0.4) is 0 Å².